The first-order valence-corrected chi connectivity index (χ1v) is 8.73. The molecule has 0 aromatic carbocycles. The van der Waals surface area contributed by atoms with Crippen molar-refractivity contribution in [2.45, 2.75) is 91.9 Å². The van der Waals surface area contributed by atoms with Crippen molar-refractivity contribution in [1.29, 1.82) is 0 Å². The van der Waals surface area contributed by atoms with E-state index in [0.717, 1.165) is 23.7 Å². The molecule has 2 atom stereocenters. The van der Waals surface area contributed by atoms with E-state index in [1.165, 1.54) is 57.8 Å². The molecule has 0 amide bonds. The lowest BCUT2D eigenvalue weighted by molar-refractivity contribution is 0.193. The van der Waals surface area contributed by atoms with Crippen LogP contribution in [0.3, 0.4) is 0 Å². The summed E-state index contributed by atoms with van der Waals surface area (Å²) in [5.41, 5.74) is 0. The first-order chi connectivity index (χ1) is 8.73. The summed E-state index contributed by atoms with van der Waals surface area (Å²) >= 11 is 0. The van der Waals surface area contributed by atoms with Gasteiger partial charge in [-0.15, -0.1) is 0 Å². The zero-order valence-corrected chi connectivity index (χ0v) is 14.0. The second kappa shape index (κ2) is 10.7. The largest absolute Gasteiger partial charge is 0.0651 e. The van der Waals surface area contributed by atoms with Gasteiger partial charge in [-0.25, -0.2) is 0 Å². The van der Waals surface area contributed by atoms with Crippen molar-refractivity contribution >= 4 is 0 Å². The van der Waals surface area contributed by atoms with Gasteiger partial charge in [-0.05, 0) is 50.4 Å². The van der Waals surface area contributed by atoms with Gasteiger partial charge in [0, 0.05) is 0 Å². The molecule has 1 aliphatic carbocycles. The second-order valence-electron chi connectivity index (χ2n) is 6.74. The number of rotatable bonds is 8. The summed E-state index contributed by atoms with van der Waals surface area (Å²) in [5, 5.41) is 0. The lowest BCUT2D eigenvalue weighted by atomic mass is 9.73. The van der Waals surface area contributed by atoms with Gasteiger partial charge in [-0.2, -0.15) is 0 Å². The van der Waals surface area contributed by atoms with Crippen LogP contribution in [-0.4, -0.2) is 0 Å². The first kappa shape index (κ1) is 19.0. The first-order valence-electron chi connectivity index (χ1n) is 8.73. The highest BCUT2D eigenvalue weighted by atomic mass is 14.3. The number of hydrogen-bond donors (Lipinski definition) is 0. The van der Waals surface area contributed by atoms with E-state index in [2.05, 4.69) is 27.7 Å². The molecular formula is C19H37. The fraction of sp³-hybridized carbons (Fsp3) is 0.947. The lowest BCUT2D eigenvalue weighted by Crippen LogP contribution is -2.20. The predicted octanol–water partition coefficient (Wildman–Crippen LogP) is 6.65. The van der Waals surface area contributed by atoms with Crippen LogP contribution in [0.5, 0.6) is 0 Å². The van der Waals surface area contributed by atoms with Gasteiger partial charge in [0.15, 0.2) is 0 Å². The molecule has 1 saturated carbocycles. The van der Waals surface area contributed by atoms with E-state index in [0.29, 0.717) is 0 Å². The van der Waals surface area contributed by atoms with Crippen LogP contribution in [0.25, 0.3) is 0 Å². The van der Waals surface area contributed by atoms with Crippen LogP contribution in [0.15, 0.2) is 0 Å². The Balaban J connectivity index is 0.00000324. The molecule has 0 heterocycles. The third kappa shape index (κ3) is 6.82. The minimum atomic E-state index is 0. The molecule has 1 rings (SSSR count). The topological polar surface area (TPSA) is 0 Å². The Morgan fingerprint density at radius 3 is 1.42 bits per heavy atom. The van der Waals surface area contributed by atoms with E-state index in [1.54, 1.807) is 6.42 Å². The maximum Gasteiger partial charge on any atom is -0.0312 e. The van der Waals surface area contributed by atoms with E-state index < -0.39 is 0 Å². The molecule has 0 aliphatic heterocycles. The van der Waals surface area contributed by atoms with E-state index in [1.807, 2.05) is 0 Å². The quantitative estimate of drug-likeness (QED) is 0.461. The van der Waals surface area contributed by atoms with Crippen molar-refractivity contribution in [3.05, 3.63) is 7.43 Å². The van der Waals surface area contributed by atoms with Crippen LogP contribution in [0, 0.1) is 31.1 Å². The van der Waals surface area contributed by atoms with Crippen molar-refractivity contribution in [1.82, 2.24) is 0 Å². The molecule has 1 fully saturated rings. The number of hydrogen-bond acceptors (Lipinski definition) is 0. The summed E-state index contributed by atoms with van der Waals surface area (Å²) in [7, 11) is 0. The standard InChI is InChI=1S/C18H36.CH/c1-5-15(6-2)12-17-10-9-11-18(14-17)13-16(7-3)8-4;/h15-18H,5-14H2,1-4H3;1H. The van der Waals surface area contributed by atoms with Crippen LogP contribution in [-0.2, 0) is 0 Å². The van der Waals surface area contributed by atoms with Crippen LogP contribution in [0.4, 0.5) is 0 Å². The molecule has 0 saturated heterocycles. The minimum Gasteiger partial charge on any atom is -0.0651 e. The third-order valence-electron chi connectivity index (χ3n) is 5.53. The van der Waals surface area contributed by atoms with Gasteiger partial charge >= 0.3 is 0 Å². The normalized spacial score (nSPS) is 23.7. The fourth-order valence-corrected chi connectivity index (χ4v) is 4.02. The monoisotopic (exact) mass is 265 g/mol. The highest BCUT2D eigenvalue weighted by molar-refractivity contribution is 4.77. The van der Waals surface area contributed by atoms with Crippen molar-refractivity contribution in [3.63, 3.8) is 0 Å². The molecule has 2 unspecified atom stereocenters. The Bertz CT molecular complexity index is 168. The molecule has 0 spiro atoms. The van der Waals surface area contributed by atoms with Gasteiger partial charge in [-0.1, -0.05) is 72.6 Å². The van der Waals surface area contributed by atoms with Gasteiger partial charge in [0.25, 0.3) is 0 Å². The van der Waals surface area contributed by atoms with Gasteiger partial charge in [-0.3, -0.25) is 0 Å². The van der Waals surface area contributed by atoms with Crippen LogP contribution < -0.4 is 0 Å². The summed E-state index contributed by atoms with van der Waals surface area (Å²) < 4.78 is 0. The summed E-state index contributed by atoms with van der Waals surface area (Å²) in [6, 6.07) is 0. The zero-order chi connectivity index (χ0) is 13.4. The van der Waals surface area contributed by atoms with E-state index in [9.17, 15) is 0 Å². The highest BCUT2D eigenvalue weighted by Crippen LogP contribution is 2.38. The van der Waals surface area contributed by atoms with Gasteiger partial charge in [0.05, 0.1) is 0 Å². The zero-order valence-electron chi connectivity index (χ0n) is 14.0. The Morgan fingerprint density at radius 1 is 0.737 bits per heavy atom. The van der Waals surface area contributed by atoms with E-state index in [-0.39, 0.29) is 7.43 Å². The van der Waals surface area contributed by atoms with Gasteiger partial charge in [0.2, 0.25) is 0 Å². The molecule has 113 valence electrons. The maximum absolute atomic E-state index is 2.37. The molecule has 0 nitrogen and oxygen atoms in total. The Labute approximate surface area is 123 Å². The molecule has 0 N–H and O–H groups in total. The Kier molecular flexibility index (Phi) is 10.7. The third-order valence-corrected chi connectivity index (χ3v) is 5.53. The van der Waals surface area contributed by atoms with Crippen molar-refractivity contribution < 1.29 is 0 Å². The fourth-order valence-electron chi connectivity index (χ4n) is 4.02. The predicted molar refractivity (Wildman–Crippen MR) is 87.1 cm³/mol. The molecule has 0 aromatic rings. The summed E-state index contributed by atoms with van der Waals surface area (Å²) in [5.74, 6) is 4.12. The molecule has 0 bridgehead atoms. The molecule has 0 heteroatoms. The van der Waals surface area contributed by atoms with Crippen molar-refractivity contribution in [3.8, 4) is 0 Å². The molecule has 0 aromatic heterocycles. The molecule has 3 radical (unpaired) electrons. The van der Waals surface area contributed by atoms with Crippen molar-refractivity contribution in [2.24, 2.45) is 23.7 Å². The summed E-state index contributed by atoms with van der Waals surface area (Å²) in [6.45, 7) is 9.49. The van der Waals surface area contributed by atoms with Crippen molar-refractivity contribution in [2.75, 3.05) is 0 Å². The average Bonchev–Trinajstić information content (AvgIpc) is 2.42. The SMILES string of the molecule is CCC(CC)CC1CCCC(CC(CC)CC)C1.[CH]. The Morgan fingerprint density at radius 2 is 1.11 bits per heavy atom. The lowest BCUT2D eigenvalue weighted by Gasteiger charge is -2.33. The van der Waals surface area contributed by atoms with Crippen LogP contribution in [0.1, 0.15) is 91.9 Å². The Hall–Kier alpha value is 0. The minimum absolute atomic E-state index is 0. The van der Waals surface area contributed by atoms with Gasteiger partial charge < -0.3 is 0 Å². The highest BCUT2D eigenvalue weighted by Gasteiger charge is 2.25. The smallest absolute Gasteiger partial charge is 0.0312 e. The summed E-state index contributed by atoms with van der Waals surface area (Å²) in [4.78, 5) is 0. The second-order valence-corrected chi connectivity index (χ2v) is 6.74. The van der Waals surface area contributed by atoms with E-state index >= 15 is 0 Å². The molecule has 19 heavy (non-hydrogen) atoms. The molecule has 1 aliphatic rings. The summed E-state index contributed by atoms with van der Waals surface area (Å²) in [6.07, 6.45) is 14.7. The molecular weight excluding hydrogens is 228 g/mol. The average molecular weight is 266 g/mol. The van der Waals surface area contributed by atoms with Crippen LogP contribution >= 0.6 is 0 Å². The van der Waals surface area contributed by atoms with Crippen LogP contribution in [0.2, 0.25) is 0 Å². The van der Waals surface area contributed by atoms with Gasteiger partial charge in [0.1, 0.15) is 0 Å². The maximum atomic E-state index is 2.37. The van der Waals surface area contributed by atoms with E-state index in [4.69, 9.17) is 0 Å².